The van der Waals surface area contributed by atoms with E-state index in [1.54, 1.807) is 11.3 Å². The second-order valence-electron chi connectivity index (χ2n) is 7.54. The van der Waals surface area contributed by atoms with E-state index in [0.717, 1.165) is 17.7 Å². The average Bonchev–Trinajstić information content (AvgIpc) is 3.36. The van der Waals surface area contributed by atoms with Crippen molar-refractivity contribution in [3.63, 3.8) is 0 Å². The van der Waals surface area contributed by atoms with E-state index in [1.807, 2.05) is 0 Å². The lowest BCUT2D eigenvalue weighted by Gasteiger charge is -2.08. The van der Waals surface area contributed by atoms with Crippen LogP contribution in [0.25, 0.3) is 5.57 Å². The van der Waals surface area contributed by atoms with Gasteiger partial charge in [-0.15, -0.1) is 11.3 Å². The third-order valence-electron chi connectivity index (χ3n) is 4.97. The molecule has 1 aromatic heterocycles. The third kappa shape index (κ3) is 4.12. The van der Waals surface area contributed by atoms with Gasteiger partial charge < -0.3 is 0 Å². The second-order valence-corrected chi connectivity index (χ2v) is 8.77. The molecule has 3 rings (SSSR count). The summed E-state index contributed by atoms with van der Waals surface area (Å²) >= 11 is 1.68. The van der Waals surface area contributed by atoms with E-state index in [2.05, 4.69) is 65.3 Å². The lowest BCUT2D eigenvalue weighted by Crippen LogP contribution is -2.03. The first-order chi connectivity index (χ1) is 11.9. The van der Waals surface area contributed by atoms with E-state index in [9.17, 15) is 4.79 Å². The molecule has 2 heteroatoms. The minimum Gasteiger partial charge on any atom is -0.293 e. The smallest absolute Gasteiger partial charge is 0.173 e. The van der Waals surface area contributed by atoms with E-state index in [4.69, 9.17) is 0 Å². The number of rotatable bonds is 7. The fourth-order valence-electron chi connectivity index (χ4n) is 3.42. The van der Waals surface area contributed by atoms with Crippen LogP contribution in [0.3, 0.4) is 0 Å². The van der Waals surface area contributed by atoms with Gasteiger partial charge in [0.1, 0.15) is 0 Å². The molecule has 2 aromatic rings. The molecule has 0 saturated heterocycles. The molecule has 0 unspecified atom stereocenters. The lowest BCUT2D eigenvalue weighted by atomic mass is 9.96. The van der Waals surface area contributed by atoms with Crippen LogP contribution < -0.4 is 0 Å². The van der Waals surface area contributed by atoms with Crippen LogP contribution in [0.4, 0.5) is 0 Å². The molecule has 0 aliphatic heterocycles. The van der Waals surface area contributed by atoms with Crippen molar-refractivity contribution in [2.24, 2.45) is 5.92 Å². The van der Waals surface area contributed by atoms with Crippen LogP contribution in [0.5, 0.6) is 0 Å². The summed E-state index contributed by atoms with van der Waals surface area (Å²) in [5, 5.41) is 0. The van der Waals surface area contributed by atoms with Crippen LogP contribution in [0, 0.1) is 33.1 Å². The van der Waals surface area contributed by atoms with Crippen molar-refractivity contribution < 1.29 is 6.22 Å². The van der Waals surface area contributed by atoms with Gasteiger partial charge in [0.25, 0.3) is 0 Å². The number of benzene rings is 1. The highest BCUT2D eigenvalue weighted by Gasteiger charge is 2.19. The Balaban J connectivity index is 0.00000243. The van der Waals surface area contributed by atoms with E-state index >= 15 is 0 Å². The van der Waals surface area contributed by atoms with Gasteiger partial charge >= 0.3 is 0 Å². The van der Waals surface area contributed by atoms with Gasteiger partial charge in [0.15, 0.2) is 5.78 Å². The summed E-state index contributed by atoms with van der Waals surface area (Å²) in [7, 11) is 0. The molecule has 133 valence electrons. The molecule has 0 amide bonds. The summed E-state index contributed by atoms with van der Waals surface area (Å²) in [6.07, 6.45) is 6.75. The van der Waals surface area contributed by atoms with Crippen molar-refractivity contribution in [3.8, 4) is 0 Å². The van der Waals surface area contributed by atoms with Crippen molar-refractivity contribution in [1.29, 1.82) is 0 Å². The summed E-state index contributed by atoms with van der Waals surface area (Å²) < 4.78 is 0. The zero-order chi connectivity index (χ0) is 18.1. The Hall–Kier alpha value is -1.67. The third-order valence-corrected chi connectivity index (χ3v) is 6.26. The van der Waals surface area contributed by atoms with E-state index in [1.165, 1.54) is 38.3 Å². The Kier molecular flexibility index (Phi) is 5.29. The molecule has 0 atom stereocenters. The van der Waals surface area contributed by atoms with Gasteiger partial charge in [0.05, 0.1) is 4.88 Å². The fourth-order valence-corrected chi connectivity index (χ4v) is 4.57. The molecule has 0 bridgehead atoms. The van der Waals surface area contributed by atoms with Gasteiger partial charge in [0.2, 0.25) is 0 Å². The molecule has 1 nitrogen and oxygen atoms in total. The van der Waals surface area contributed by atoms with Crippen LogP contribution >= 0.6 is 11.3 Å². The molecular weight excluding hydrogens is 324 g/mol. The zero-order valence-corrected chi connectivity index (χ0v) is 16.7. The van der Waals surface area contributed by atoms with Crippen LogP contribution in [-0.4, -0.2) is 5.78 Å². The largest absolute Gasteiger partial charge is 0.293 e. The number of aryl methyl sites for hydroxylation is 3. The summed E-state index contributed by atoms with van der Waals surface area (Å²) in [5.41, 5.74) is 7.78. The number of ketones is 1. The lowest BCUT2D eigenvalue weighted by molar-refractivity contribution is 0.0986. The second kappa shape index (κ2) is 7.29. The number of allylic oxidation sites excluding steroid dienone is 2. The summed E-state index contributed by atoms with van der Waals surface area (Å²) in [6.45, 7) is 10.9. The first-order valence-corrected chi connectivity index (χ1v) is 9.95. The van der Waals surface area contributed by atoms with Crippen LogP contribution in [0.2, 0.25) is 0 Å². The molecule has 25 heavy (non-hydrogen) atoms. The maximum Gasteiger partial charge on any atom is 0.173 e. The Morgan fingerprint density at radius 2 is 1.92 bits per heavy atom. The first kappa shape index (κ1) is 18.1. The van der Waals surface area contributed by atoms with Crippen LogP contribution in [0.1, 0.15) is 64.1 Å². The van der Waals surface area contributed by atoms with Crippen molar-refractivity contribution in [2.45, 2.75) is 53.9 Å². The molecule has 1 aromatic carbocycles. The normalized spacial score (nSPS) is 13.3. The fraction of sp³-hybridized carbons (Fsp3) is 0.391. The molecule has 0 saturated carbocycles. The molecule has 1 aliphatic rings. The minimum atomic E-state index is 0. The topological polar surface area (TPSA) is 17.1 Å². The SMILES string of the molecule is Cc1cc(C2=C[CH]2)ccc1CCC(=O)c1sc(C)c(CC(C)C)c1C.[HH]. The number of hydrogen-bond donors (Lipinski definition) is 0. The van der Waals surface area contributed by atoms with E-state index < -0.39 is 0 Å². The Morgan fingerprint density at radius 3 is 2.52 bits per heavy atom. The monoisotopic (exact) mass is 353 g/mol. The number of carbonyl (C=O) groups is 1. The van der Waals surface area contributed by atoms with Crippen LogP contribution in [0.15, 0.2) is 24.3 Å². The Bertz CT molecular complexity index is 842. The maximum atomic E-state index is 12.8. The number of hydrogen-bond acceptors (Lipinski definition) is 2. The molecule has 0 N–H and O–H groups in total. The number of thiophene rings is 1. The number of Topliss-reactive ketones (excluding diaryl/α,β-unsaturated/α-hetero) is 1. The molecule has 1 aliphatic carbocycles. The highest BCUT2D eigenvalue weighted by atomic mass is 32.1. The minimum absolute atomic E-state index is 0. The Morgan fingerprint density at radius 1 is 1.20 bits per heavy atom. The van der Waals surface area contributed by atoms with Crippen LogP contribution in [-0.2, 0) is 12.8 Å². The van der Waals surface area contributed by atoms with Crippen molar-refractivity contribution in [1.82, 2.24) is 0 Å². The van der Waals surface area contributed by atoms with E-state index in [0.29, 0.717) is 18.1 Å². The summed E-state index contributed by atoms with van der Waals surface area (Å²) in [5.74, 6) is 0.914. The predicted molar refractivity (Wildman–Crippen MR) is 111 cm³/mol. The van der Waals surface area contributed by atoms with Crippen molar-refractivity contribution >= 4 is 22.7 Å². The van der Waals surface area contributed by atoms with Gasteiger partial charge in [-0.2, -0.15) is 0 Å². The summed E-state index contributed by atoms with van der Waals surface area (Å²) in [6, 6.07) is 6.58. The highest BCUT2D eigenvalue weighted by molar-refractivity contribution is 7.14. The standard InChI is InChI=1S/C23H27OS.H2/c1-14(2)12-21-16(4)23(25-17(21)5)22(24)11-10-18-6-9-20(13-15(18)3)19-7-8-19;/h6-9,13-14H,10-12H2,1-5H3;1H. The molecular formula is C23H29OS. The van der Waals surface area contributed by atoms with E-state index in [-0.39, 0.29) is 1.43 Å². The molecule has 1 radical (unpaired) electrons. The molecule has 0 fully saturated rings. The molecule has 0 spiro atoms. The average molecular weight is 354 g/mol. The Labute approximate surface area is 157 Å². The van der Waals surface area contributed by atoms with Crippen molar-refractivity contribution in [2.75, 3.05) is 0 Å². The summed E-state index contributed by atoms with van der Waals surface area (Å²) in [4.78, 5) is 15.1. The first-order valence-electron chi connectivity index (χ1n) is 9.13. The van der Waals surface area contributed by atoms with Gasteiger partial charge in [0, 0.05) is 19.1 Å². The van der Waals surface area contributed by atoms with Gasteiger partial charge in [-0.25, -0.2) is 0 Å². The number of carbonyl (C=O) groups excluding carboxylic acids is 1. The van der Waals surface area contributed by atoms with Gasteiger partial charge in [-0.3, -0.25) is 4.79 Å². The highest BCUT2D eigenvalue weighted by Crippen LogP contribution is 2.32. The molecule has 1 heterocycles. The predicted octanol–water partition coefficient (Wildman–Crippen LogP) is 6.53. The van der Waals surface area contributed by atoms with Gasteiger partial charge in [-0.1, -0.05) is 38.1 Å². The van der Waals surface area contributed by atoms with Gasteiger partial charge in [-0.05, 0) is 72.9 Å². The zero-order valence-electron chi connectivity index (χ0n) is 15.9. The van der Waals surface area contributed by atoms with Crippen molar-refractivity contribution in [3.05, 3.63) is 68.3 Å². The maximum absolute atomic E-state index is 12.8. The quantitative estimate of drug-likeness (QED) is 0.517.